The van der Waals surface area contributed by atoms with Crippen molar-refractivity contribution in [2.75, 3.05) is 30.9 Å². The molecule has 4 rings (SSSR count). The van der Waals surface area contributed by atoms with Gasteiger partial charge in [-0.2, -0.15) is 9.47 Å². The van der Waals surface area contributed by atoms with Crippen LogP contribution in [-0.2, 0) is 19.3 Å². The van der Waals surface area contributed by atoms with Crippen molar-refractivity contribution in [1.29, 1.82) is 0 Å². The number of aromatic amines is 1. The minimum absolute atomic E-state index is 0.148. The second kappa shape index (κ2) is 6.78. The molecule has 10 heteroatoms. The number of aromatic nitrogens is 4. The molecule has 1 fully saturated rings. The van der Waals surface area contributed by atoms with Crippen LogP contribution in [0.3, 0.4) is 0 Å². The van der Waals surface area contributed by atoms with Gasteiger partial charge in [0, 0.05) is 19.0 Å². The van der Waals surface area contributed by atoms with Crippen LogP contribution in [0.5, 0.6) is 0 Å². The van der Waals surface area contributed by atoms with Crippen LogP contribution in [0.1, 0.15) is 26.3 Å². The lowest BCUT2D eigenvalue weighted by atomic mass is 10.0. The van der Waals surface area contributed by atoms with Crippen LogP contribution in [0.25, 0.3) is 21.6 Å². The van der Waals surface area contributed by atoms with E-state index >= 15 is 0 Å². The average Bonchev–Trinajstić information content (AvgIpc) is 3.29. The molecule has 0 amide bonds. The van der Waals surface area contributed by atoms with Gasteiger partial charge < -0.3 is 9.64 Å². The molecule has 1 N–H and O–H groups in total. The van der Waals surface area contributed by atoms with E-state index in [4.69, 9.17) is 9.72 Å². The van der Waals surface area contributed by atoms with E-state index < -0.39 is 14.6 Å². The Morgan fingerprint density at radius 1 is 1.39 bits per heavy atom. The largest absolute Gasteiger partial charge is 0.377 e. The average molecular weight is 422 g/mol. The second-order valence-corrected chi connectivity index (χ2v) is 10.9. The van der Waals surface area contributed by atoms with Crippen LogP contribution < -0.4 is 4.90 Å². The summed E-state index contributed by atoms with van der Waals surface area (Å²) in [4.78, 5) is 7.06. The molecule has 1 atom stereocenters. The number of nitrogens with zero attached hydrogens (tertiary/aromatic N) is 4. The minimum atomic E-state index is -3.36. The van der Waals surface area contributed by atoms with Crippen LogP contribution in [0.2, 0.25) is 0 Å². The molecule has 3 aromatic rings. The zero-order valence-corrected chi connectivity index (χ0v) is 17.9. The number of hydrogen-bond acceptors (Lipinski definition) is 8. The number of morpholine rings is 1. The molecule has 0 bridgehead atoms. The molecule has 1 aliphatic rings. The van der Waals surface area contributed by atoms with Crippen LogP contribution in [-0.4, -0.2) is 60.0 Å². The predicted octanol–water partition coefficient (Wildman–Crippen LogP) is 2.59. The Labute approximate surface area is 168 Å². The van der Waals surface area contributed by atoms with E-state index in [0.717, 1.165) is 21.8 Å². The van der Waals surface area contributed by atoms with Gasteiger partial charge in [-0.3, -0.25) is 5.10 Å². The number of anilines is 1. The molecular weight excluding hydrogens is 398 g/mol. The Kier molecular flexibility index (Phi) is 4.67. The molecule has 1 saturated heterocycles. The van der Waals surface area contributed by atoms with Gasteiger partial charge in [0.25, 0.3) is 0 Å². The third-order valence-corrected chi connectivity index (χ3v) is 8.35. The van der Waals surface area contributed by atoms with Gasteiger partial charge in [0.2, 0.25) is 0 Å². The van der Waals surface area contributed by atoms with Gasteiger partial charge >= 0.3 is 0 Å². The number of H-pyrrole nitrogens is 1. The Hall–Kier alpha value is -2.04. The number of sulfone groups is 1. The fourth-order valence-electron chi connectivity index (χ4n) is 3.33. The van der Waals surface area contributed by atoms with Gasteiger partial charge in [-0.15, -0.1) is 0 Å². The highest BCUT2D eigenvalue weighted by Crippen LogP contribution is 2.41. The van der Waals surface area contributed by atoms with Gasteiger partial charge in [0.15, 0.2) is 9.84 Å². The molecule has 0 aliphatic carbocycles. The van der Waals surface area contributed by atoms with E-state index in [2.05, 4.69) is 26.4 Å². The predicted molar refractivity (Wildman–Crippen MR) is 110 cm³/mol. The van der Waals surface area contributed by atoms with Gasteiger partial charge in [-0.25, -0.2) is 13.4 Å². The molecule has 0 aromatic carbocycles. The van der Waals surface area contributed by atoms with E-state index in [9.17, 15) is 8.42 Å². The topological polar surface area (TPSA) is 101 Å². The van der Waals surface area contributed by atoms with Crippen LogP contribution in [0, 0.1) is 0 Å². The molecule has 28 heavy (non-hydrogen) atoms. The first-order valence-electron chi connectivity index (χ1n) is 9.05. The van der Waals surface area contributed by atoms with Crippen LogP contribution >= 0.6 is 11.5 Å². The van der Waals surface area contributed by atoms with Crippen molar-refractivity contribution in [3.8, 4) is 11.4 Å². The number of fused-ring (bicyclic) bond motifs is 1. The summed E-state index contributed by atoms with van der Waals surface area (Å²) in [6.45, 7) is 7.48. The number of rotatable bonds is 4. The molecule has 4 heterocycles. The van der Waals surface area contributed by atoms with Gasteiger partial charge in [0.05, 0.1) is 34.4 Å². The van der Waals surface area contributed by atoms with E-state index in [1.807, 2.05) is 12.1 Å². The summed E-state index contributed by atoms with van der Waals surface area (Å²) in [5.41, 5.74) is 2.86. The minimum Gasteiger partial charge on any atom is -0.377 e. The lowest BCUT2D eigenvalue weighted by Crippen LogP contribution is -2.44. The molecule has 0 spiro atoms. The van der Waals surface area contributed by atoms with Gasteiger partial charge in [0.1, 0.15) is 17.0 Å². The van der Waals surface area contributed by atoms with Crippen LogP contribution in [0.15, 0.2) is 18.3 Å². The Bertz CT molecular complexity index is 1110. The monoisotopic (exact) mass is 421 g/mol. The lowest BCUT2D eigenvalue weighted by molar-refractivity contribution is 0.0985. The third-order valence-electron chi connectivity index (χ3n) is 5.41. The zero-order chi connectivity index (χ0) is 20.1. The van der Waals surface area contributed by atoms with Crippen molar-refractivity contribution in [2.24, 2.45) is 0 Å². The number of hydrogen-bond donors (Lipinski definition) is 1. The summed E-state index contributed by atoms with van der Waals surface area (Å²) in [5, 5.41) is 6.94. The van der Waals surface area contributed by atoms with Crippen molar-refractivity contribution in [3.05, 3.63) is 23.9 Å². The summed E-state index contributed by atoms with van der Waals surface area (Å²) in [7, 11) is -3.36. The summed E-state index contributed by atoms with van der Waals surface area (Å²) in [5.74, 6) is 0.746. The molecule has 0 radical (unpaired) electrons. The molecular formula is C18H23N5O3S2. The van der Waals surface area contributed by atoms with Crippen LogP contribution in [0.4, 0.5) is 5.82 Å². The SMILES string of the molecule is C[C@@H]1COCCN1c1cc(C(C)(C)S(C)(=O)=O)c2snc(-c3ccn[nH]3)c2n1. The maximum atomic E-state index is 12.6. The summed E-state index contributed by atoms with van der Waals surface area (Å²) >= 11 is 1.27. The zero-order valence-electron chi connectivity index (χ0n) is 16.3. The fraction of sp³-hybridized carbons (Fsp3) is 0.500. The lowest BCUT2D eigenvalue weighted by Gasteiger charge is -2.35. The first-order chi connectivity index (χ1) is 13.2. The summed E-state index contributed by atoms with van der Waals surface area (Å²) in [6, 6.07) is 3.89. The maximum absolute atomic E-state index is 12.6. The normalized spacial score (nSPS) is 18.7. The molecule has 1 aliphatic heterocycles. The standard InChI is InChI=1S/C18H23N5O3S2/c1-11-10-26-8-7-23(11)14-9-12(18(2,3)28(4,24)25)17-16(20-14)15(22-27-17)13-5-6-19-21-13/h5-6,9,11H,7-8,10H2,1-4H3,(H,19,21)/t11-/m1/s1. The molecule has 8 nitrogen and oxygen atoms in total. The summed E-state index contributed by atoms with van der Waals surface area (Å²) in [6.07, 6.45) is 2.93. The second-order valence-electron chi connectivity index (χ2n) is 7.61. The van der Waals surface area contributed by atoms with E-state index in [-0.39, 0.29) is 6.04 Å². The maximum Gasteiger partial charge on any atom is 0.156 e. The number of ether oxygens (including phenoxy) is 1. The Morgan fingerprint density at radius 2 is 2.18 bits per heavy atom. The van der Waals surface area contributed by atoms with Crippen molar-refractivity contribution in [1.82, 2.24) is 19.6 Å². The first kappa shape index (κ1) is 19.3. The van der Waals surface area contributed by atoms with Crippen molar-refractivity contribution >= 4 is 37.4 Å². The smallest absolute Gasteiger partial charge is 0.156 e. The van der Waals surface area contributed by atoms with E-state index in [1.165, 1.54) is 17.8 Å². The van der Waals surface area contributed by atoms with Gasteiger partial charge in [-0.05, 0) is 50.0 Å². The van der Waals surface area contributed by atoms with E-state index in [0.29, 0.717) is 31.0 Å². The molecule has 150 valence electrons. The summed E-state index contributed by atoms with van der Waals surface area (Å²) < 4.78 is 35.0. The number of pyridine rings is 1. The third kappa shape index (κ3) is 3.09. The first-order valence-corrected chi connectivity index (χ1v) is 11.7. The van der Waals surface area contributed by atoms with Crippen molar-refractivity contribution in [2.45, 2.75) is 31.6 Å². The Balaban J connectivity index is 1.99. The quantitative estimate of drug-likeness (QED) is 0.691. The molecule has 3 aromatic heterocycles. The van der Waals surface area contributed by atoms with Crippen molar-refractivity contribution in [3.63, 3.8) is 0 Å². The van der Waals surface area contributed by atoms with Crippen molar-refractivity contribution < 1.29 is 13.2 Å². The van der Waals surface area contributed by atoms with Gasteiger partial charge in [-0.1, -0.05) is 0 Å². The highest BCUT2D eigenvalue weighted by atomic mass is 32.2. The fourth-order valence-corrected chi connectivity index (χ4v) is 4.97. The highest BCUT2D eigenvalue weighted by molar-refractivity contribution is 7.91. The van der Waals surface area contributed by atoms with E-state index in [1.54, 1.807) is 20.0 Å². The molecule has 0 unspecified atom stereocenters. The highest BCUT2D eigenvalue weighted by Gasteiger charge is 2.36. The number of nitrogens with one attached hydrogen (secondary N) is 1. The Morgan fingerprint density at radius 3 is 2.82 bits per heavy atom. The molecule has 0 saturated carbocycles.